The van der Waals surface area contributed by atoms with Gasteiger partial charge in [-0.15, -0.1) is 0 Å². The Kier molecular flexibility index (Phi) is 7.85. The number of hydrogen-bond acceptors (Lipinski definition) is 8. The third-order valence-electron chi connectivity index (χ3n) is 8.06. The monoisotopic (exact) mass is 579 g/mol. The Hall–Kier alpha value is -5.08. The maximum absolute atomic E-state index is 14.4. The van der Waals surface area contributed by atoms with Crippen LogP contribution in [-0.4, -0.2) is 52.4 Å². The summed E-state index contributed by atoms with van der Waals surface area (Å²) in [4.78, 5) is 46.2. The van der Waals surface area contributed by atoms with Crippen LogP contribution >= 0.6 is 0 Å². The van der Waals surface area contributed by atoms with Crippen LogP contribution in [0.2, 0.25) is 0 Å². The van der Waals surface area contributed by atoms with Gasteiger partial charge in [-0.3, -0.25) is 29.2 Å². The lowest BCUT2D eigenvalue weighted by Gasteiger charge is -2.36. The number of carbonyl (C=O) groups excluding carboxylic acids is 2. The number of nitrogens with zero attached hydrogens (tertiary/aromatic N) is 5. The maximum Gasteiger partial charge on any atom is 0.264 e. The molecular weight excluding hydrogens is 549 g/mol. The second kappa shape index (κ2) is 12.0. The first-order chi connectivity index (χ1) is 20.9. The van der Waals surface area contributed by atoms with Crippen LogP contribution in [0.1, 0.15) is 35.6 Å². The summed E-state index contributed by atoms with van der Waals surface area (Å²) >= 11 is 0. The highest BCUT2D eigenvalue weighted by molar-refractivity contribution is 5.99. The molecule has 2 aliphatic heterocycles. The fraction of sp³-hybridized carbons (Fsp3) is 0.281. The van der Waals surface area contributed by atoms with Crippen LogP contribution in [0, 0.1) is 17.1 Å². The van der Waals surface area contributed by atoms with E-state index in [4.69, 9.17) is 5.26 Å². The van der Waals surface area contributed by atoms with Crippen LogP contribution in [0.25, 0.3) is 10.9 Å². The lowest BCUT2D eigenvalue weighted by Crippen LogP contribution is -2.46. The number of piperazine rings is 1. The zero-order valence-corrected chi connectivity index (χ0v) is 23.4. The van der Waals surface area contributed by atoms with Crippen molar-refractivity contribution < 1.29 is 14.0 Å². The summed E-state index contributed by atoms with van der Waals surface area (Å²) in [7, 11) is 0. The first-order valence-electron chi connectivity index (χ1n) is 14.2. The molecule has 11 heteroatoms. The van der Waals surface area contributed by atoms with E-state index in [-0.39, 0.29) is 30.1 Å². The van der Waals surface area contributed by atoms with E-state index in [9.17, 15) is 18.8 Å². The minimum absolute atomic E-state index is 0.172. The van der Waals surface area contributed by atoms with Crippen molar-refractivity contribution in [2.45, 2.75) is 32.0 Å². The Bertz CT molecular complexity index is 1790. The standard InChI is InChI=1S/C32H30FN7O3/c33-24-16-23(17-34)8-9-27(24)39-14-12-38(13-15-39)19-22-6-4-21(5-7-22)18-35-25-2-1-3-26-30(25)32(43)40(20-36-26)28-10-11-29(41)37-31(28)42/h1-9,16,20,28,35H,10-15,18-19H2,(H,37,41,42). The number of aromatic nitrogens is 2. The van der Waals surface area contributed by atoms with Crippen molar-refractivity contribution in [2.75, 3.05) is 36.4 Å². The van der Waals surface area contributed by atoms with Crippen LogP contribution in [-0.2, 0) is 22.7 Å². The number of halogens is 1. The Labute approximate surface area is 247 Å². The number of hydrogen-bond donors (Lipinski definition) is 2. The van der Waals surface area contributed by atoms with Crippen molar-refractivity contribution in [3.8, 4) is 6.07 Å². The molecular formula is C32H30FN7O3. The molecule has 0 spiro atoms. The average molecular weight is 580 g/mol. The highest BCUT2D eigenvalue weighted by Gasteiger charge is 2.29. The number of fused-ring (bicyclic) bond motifs is 1. The number of imide groups is 1. The molecule has 0 radical (unpaired) electrons. The Morgan fingerprint density at radius 2 is 1.77 bits per heavy atom. The largest absolute Gasteiger partial charge is 0.380 e. The molecule has 6 rings (SSSR count). The Morgan fingerprint density at radius 3 is 2.49 bits per heavy atom. The number of carbonyl (C=O) groups is 2. The smallest absolute Gasteiger partial charge is 0.264 e. The van der Waals surface area contributed by atoms with Crippen molar-refractivity contribution in [2.24, 2.45) is 0 Å². The van der Waals surface area contributed by atoms with Gasteiger partial charge >= 0.3 is 0 Å². The van der Waals surface area contributed by atoms with E-state index in [1.165, 1.54) is 22.5 Å². The topological polar surface area (TPSA) is 123 Å². The summed E-state index contributed by atoms with van der Waals surface area (Å²) in [5, 5.41) is 15.0. The Morgan fingerprint density at radius 1 is 1.00 bits per heavy atom. The van der Waals surface area contributed by atoms with E-state index in [1.54, 1.807) is 18.2 Å². The number of amides is 2. The quantitative estimate of drug-likeness (QED) is 0.320. The van der Waals surface area contributed by atoms with Gasteiger partial charge in [-0.05, 0) is 47.9 Å². The van der Waals surface area contributed by atoms with E-state index in [1.807, 2.05) is 23.1 Å². The van der Waals surface area contributed by atoms with E-state index in [0.717, 1.165) is 25.2 Å². The summed E-state index contributed by atoms with van der Waals surface area (Å²) in [5.74, 6) is -1.20. The molecule has 0 saturated carbocycles. The van der Waals surface area contributed by atoms with Gasteiger partial charge in [0.2, 0.25) is 11.8 Å². The lowest BCUT2D eigenvalue weighted by molar-refractivity contribution is -0.135. The molecule has 3 aromatic carbocycles. The molecule has 0 bridgehead atoms. The number of piperidine rings is 1. The van der Waals surface area contributed by atoms with Gasteiger partial charge in [-0.25, -0.2) is 9.37 Å². The van der Waals surface area contributed by atoms with Crippen molar-refractivity contribution in [3.63, 3.8) is 0 Å². The van der Waals surface area contributed by atoms with E-state index < -0.39 is 11.9 Å². The summed E-state index contributed by atoms with van der Waals surface area (Å²) in [6.07, 6.45) is 1.80. The molecule has 10 nitrogen and oxygen atoms in total. The van der Waals surface area contributed by atoms with Crippen molar-refractivity contribution in [3.05, 3.63) is 99.9 Å². The minimum Gasteiger partial charge on any atom is -0.380 e. The number of anilines is 2. The van der Waals surface area contributed by atoms with Crippen molar-refractivity contribution in [1.82, 2.24) is 19.8 Å². The summed E-state index contributed by atoms with van der Waals surface area (Å²) in [6.45, 7) is 4.28. The first-order valence-corrected chi connectivity index (χ1v) is 14.2. The predicted molar refractivity (Wildman–Crippen MR) is 160 cm³/mol. The normalized spacial score (nSPS) is 17.5. The van der Waals surface area contributed by atoms with E-state index >= 15 is 0 Å². The van der Waals surface area contributed by atoms with Gasteiger partial charge in [-0.2, -0.15) is 5.26 Å². The molecule has 43 heavy (non-hydrogen) atoms. The number of rotatable bonds is 7. The van der Waals surface area contributed by atoms with Crippen LogP contribution in [0.4, 0.5) is 15.8 Å². The zero-order valence-electron chi connectivity index (χ0n) is 23.4. The third kappa shape index (κ3) is 5.96. The zero-order chi connectivity index (χ0) is 29.9. The molecule has 3 heterocycles. The van der Waals surface area contributed by atoms with E-state index in [0.29, 0.717) is 47.5 Å². The number of benzene rings is 3. The molecule has 1 aromatic heterocycles. The van der Waals surface area contributed by atoms with Crippen LogP contribution in [0.5, 0.6) is 0 Å². The SMILES string of the molecule is N#Cc1ccc(N2CCN(Cc3ccc(CNc4cccc5ncn(C6CCC(=O)NC6=O)c(=O)c45)cc3)CC2)c(F)c1. The summed E-state index contributed by atoms with van der Waals surface area (Å²) < 4.78 is 15.7. The van der Waals surface area contributed by atoms with Gasteiger partial charge in [0.15, 0.2) is 0 Å². The fourth-order valence-corrected chi connectivity index (χ4v) is 5.69. The second-order valence-electron chi connectivity index (χ2n) is 10.8. The number of nitrogens with one attached hydrogen (secondary N) is 2. The first kappa shape index (κ1) is 28.1. The second-order valence-corrected chi connectivity index (χ2v) is 10.8. The molecule has 2 saturated heterocycles. The van der Waals surface area contributed by atoms with Gasteiger partial charge in [0.25, 0.3) is 5.56 Å². The molecule has 218 valence electrons. The predicted octanol–water partition coefficient (Wildman–Crippen LogP) is 3.32. The highest BCUT2D eigenvalue weighted by atomic mass is 19.1. The van der Waals surface area contributed by atoms with Crippen LogP contribution < -0.4 is 21.1 Å². The molecule has 1 unspecified atom stereocenters. The van der Waals surface area contributed by atoms with Gasteiger partial charge < -0.3 is 10.2 Å². The van der Waals surface area contributed by atoms with Crippen molar-refractivity contribution >= 4 is 34.1 Å². The molecule has 2 amide bonds. The molecule has 1 atom stereocenters. The molecule has 2 N–H and O–H groups in total. The average Bonchev–Trinajstić information content (AvgIpc) is 3.02. The Balaban J connectivity index is 1.08. The van der Waals surface area contributed by atoms with E-state index in [2.05, 4.69) is 44.8 Å². The molecule has 4 aromatic rings. The number of nitriles is 1. The maximum atomic E-state index is 14.4. The third-order valence-corrected chi connectivity index (χ3v) is 8.06. The van der Waals surface area contributed by atoms with Gasteiger partial charge in [0.05, 0.1) is 34.6 Å². The minimum atomic E-state index is -0.775. The summed E-state index contributed by atoms with van der Waals surface area (Å²) in [5.41, 5.74) is 3.88. The fourth-order valence-electron chi connectivity index (χ4n) is 5.69. The van der Waals surface area contributed by atoms with Crippen LogP contribution in [0.15, 0.2) is 71.8 Å². The molecule has 2 fully saturated rings. The van der Waals surface area contributed by atoms with Crippen molar-refractivity contribution in [1.29, 1.82) is 5.26 Å². The lowest BCUT2D eigenvalue weighted by atomic mass is 10.1. The molecule has 0 aliphatic carbocycles. The summed E-state index contributed by atoms with van der Waals surface area (Å²) in [6, 6.07) is 19.5. The van der Waals surface area contributed by atoms with Gasteiger partial charge in [-0.1, -0.05) is 30.3 Å². The molecule has 2 aliphatic rings. The van der Waals surface area contributed by atoms with Crippen LogP contribution in [0.3, 0.4) is 0 Å². The van der Waals surface area contributed by atoms with Gasteiger partial charge in [0.1, 0.15) is 11.9 Å². The highest BCUT2D eigenvalue weighted by Crippen LogP contribution is 2.24. The van der Waals surface area contributed by atoms with Gasteiger partial charge in [0, 0.05) is 51.4 Å².